The zero-order valence-corrected chi connectivity index (χ0v) is 10.9. The van der Waals surface area contributed by atoms with Crippen molar-refractivity contribution in [1.82, 2.24) is 15.0 Å². The molecule has 2 aromatic rings. The van der Waals surface area contributed by atoms with Gasteiger partial charge in [-0.15, -0.1) is 0 Å². The van der Waals surface area contributed by atoms with E-state index in [-0.39, 0.29) is 23.7 Å². The summed E-state index contributed by atoms with van der Waals surface area (Å²) < 4.78 is 18.6. The number of nitrogen functional groups attached to an aromatic ring is 1. The number of halogens is 2. The molecule has 2 rings (SSSR count). The molecular weight excluding hydrogens is 305 g/mol. The van der Waals surface area contributed by atoms with Crippen molar-refractivity contribution in [2.45, 2.75) is 0 Å². The molecular formula is C10H9BrFN5O. The second-order valence-electron chi connectivity index (χ2n) is 3.25. The van der Waals surface area contributed by atoms with Crippen LogP contribution in [0, 0.1) is 5.82 Å². The molecule has 0 saturated carbocycles. The molecule has 0 atom stereocenters. The van der Waals surface area contributed by atoms with Crippen LogP contribution in [0.25, 0.3) is 0 Å². The fraction of sp³-hybridized carbons (Fsp3) is 0.100. The number of anilines is 3. The maximum absolute atomic E-state index is 13.1. The van der Waals surface area contributed by atoms with Crippen LogP contribution in [0.15, 0.2) is 22.7 Å². The van der Waals surface area contributed by atoms with E-state index in [0.717, 1.165) is 0 Å². The van der Waals surface area contributed by atoms with Crippen molar-refractivity contribution >= 4 is 33.5 Å². The molecule has 0 bridgehead atoms. The number of hydrogen-bond acceptors (Lipinski definition) is 6. The summed E-state index contributed by atoms with van der Waals surface area (Å²) in [5.74, 6) is -0.197. The Morgan fingerprint density at radius 1 is 1.33 bits per heavy atom. The topological polar surface area (TPSA) is 86.0 Å². The minimum absolute atomic E-state index is 0.0110. The molecule has 3 N–H and O–H groups in total. The van der Waals surface area contributed by atoms with Crippen LogP contribution in [0.2, 0.25) is 0 Å². The van der Waals surface area contributed by atoms with Gasteiger partial charge >= 0.3 is 6.01 Å². The highest BCUT2D eigenvalue weighted by atomic mass is 79.9. The molecule has 0 fully saturated rings. The molecule has 1 aromatic heterocycles. The largest absolute Gasteiger partial charge is 0.467 e. The lowest BCUT2D eigenvalue weighted by molar-refractivity contribution is 0.380. The summed E-state index contributed by atoms with van der Waals surface area (Å²) in [5, 5.41) is 2.82. The summed E-state index contributed by atoms with van der Waals surface area (Å²) in [4.78, 5) is 11.5. The highest BCUT2D eigenvalue weighted by Gasteiger charge is 2.07. The Bertz CT molecular complexity index is 580. The first kappa shape index (κ1) is 12.5. The normalized spacial score (nSPS) is 10.2. The third-order valence-electron chi connectivity index (χ3n) is 1.99. The highest BCUT2D eigenvalue weighted by Crippen LogP contribution is 2.25. The van der Waals surface area contributed by atoms with E-state index in [2.05, 4.69) is 36.2 Å². The first-order valence-corrected chi connectivity index (χ1v) is 5.65. The van der Waals surface area contributed by atoms with E-state index in [1.54, 1.807) is 6.07 Å². The smallest absolute Gasteiger partial charge is 0.322 e. The van der Waals surface area contributed by atoms with Gasteiger partial charge in [-0.1, -0.05) is 0 Å². The number of rotatable bonds is 3. The summed E-state index contributed by atoms with van der Waals surface area (Å²) in [6.45, 7) is 0. The van der Waals surface area contributed by atoms with Crippen LogP contribution >= 0.6 is 15.9 Å². The van der Waals surface area contributed by atoms with E-state index < -0.39 is 0 Å². The van der Waals surface area contributed by atoms with Gasteiger partial charge in [0.15, 0.2) is 0 Å². The lowest BCUT2D eigenvalue weighted by atomic mass is 10.3. The minimum Gasteiger partial charge on any atom is -0.467 e. The summed E-state index contributed by atoms with van der Waals surface area (Å²) >= 11 is 3.28. The lowest BCUT2D eigenvalue weighted by Gasteiger charge is -2.08. The van der Waals surface area contributed by atoms with Gasteiger partial charge in [0.25, 0.3) is 0 Å². The van der Waals surface area contributed by atoms with Crippen LogP contribution in [0.1, 0.15) is 0 Å². The average molecular weight is 314 g/mol. The van der Waals surface area contributed by atoms with Crippen LogP contribution in [-0.4, -0.2) is 22.1 Å². The Morgan fingerprint density at radius 2 is 2.11 bits per heavy atom. The summed E-state index contributed by atoms with van der Waals surface area (Å²) in [6.07, 6.45) is 0. The Hall–Kier alpha value is -1.96. The fourth-order valence-corrected chi connectivity index (χ4v) is 1.58. The minimum atomic E-state index is -0.380. The molecule has 0 aliphatic carbocycles. The third kappa shape index (κ3) is 2.83. The second kappa shape index (κ2) is 5.13. The molecule has 6 nitrogen and oxygen atoms in total. The molecule has 0 aliphatic rings. The van der Waals surface area contributed by atoms with E-state index in [4.69, 9.17) is 10.5 Å². The average Bonchev–Trinajstić information content (AvgIpc) is 2.33. The quantitative estimate of drug-likeness (QED) is 0.902. The molecule has 1 heterocycles. The number of hydrogen-bond donors (Lipinski definition) is 2. The molecule has 0 unspecified atom stereocenters. The maximum Gasteiger partial charge on any atom is 0.322 e. The van der Waals surface area contributed by atoms with Gasteiger partial charge in [-0.2, -0.15) is 15.0 Å². The van der Waals surface area contributed by atoms with Crippen LogP contribution in [0.4, 0.5) is 22.0 Å². The number of nitrogens with two attached hydrogens (primary N) is 1. The highest BCUT2D eigenvalue weighted by molar-refractivity contribution is 9.10. The lowest BCUT2D eigenvalue weighted by Crippen LogP contribution is -2.05. The summed E-state index contributed by atoms with van der Waals surface area (Å²) in [5.41, 5.74) is 5.96. The van der Waals surface area contributed by atoms with E-state index >= 15 is 0 Å². The number of nitrogens with zero attached hydrogens (tertiary/aromatic N) is 3. The molecule has 0 saturated heterocycles. The van der Waals surface area contributed by atoms with Crippen LogP contribution < -0.4 is 15.8 Å². The van der Waals surface area contributed by atoms with E-state index in [1.807, 2.05) is 0 Å². The predicted molar refractivity (Wildman–Crippen MR) is 68.2 cm³/mol. The van der Waals surface area contributed by atoms with Crippen molar-refractivity contribution in [3.63, 3.8) is 0 Å². The molecule has 18 heavy (non-hydrogen) atoms. The molecule has 0 spiro atoms. The van der Waals surface area contributed by atoms with Crippen LogP contribution in [0.5, 0.6) is 6.01 Å². The van der Waals surface area contributed by atoms with Gasteiger partial charge in [0.2, 0.25) is 11.9 Å². The summed E-state index contributed by atoms with van der Waals surface area (Å²) in [7, 11) is 1.41. The summed E-state index contributed by atoms with van der Waals surface area (Å²) in [6, 6.07) is 4.28. The van der Waals surface area contributed by atoms with Gasteiger partial charge in [0, 0.05) is 4.47 Å². The van der Waals surface area contributed by atoms with E-state index in [9.17, 15) is 4.39 Å². The molecule has 94 valence electrons. The Labute approximate surface area is 111 Å². The van der Waals surface area contributed by atoms with E-state index in [0.29, 0.717) is 10.2 Å². The predicted octanol–water partition coefficient (Wildman–Crippen LogP) is 2.11. The Morgan fingerprint density at radius 3 is 2.83 bits per heavy atom. The SMILES string of the molecule is COc1nc(N)nc(Nc2cc(F)ccc2Br)n1. The molecule has 8 heteroatoms. The molecule has 0 radical (unpaired) electrons. The first-order chi connectivity index (χ1) is 8.58. The van der Waals surface area contributed by atoms with Gasteiger partial charge < -0.3 is 15.8 Å². The standard InChI is InChI=1S/C10H9BrFN5O/c1-18-10-16-8(13)15-9(17-10)14-7-4-5(12)2-3-6(7)11/h2-4H,1H3,(H3,13,14,15,16,17). The number of methoxy groups -OCH3 is 1. The Balaban J connectivity index is 2.33. The number of aromatic nitrogens is 3. The first-order valence-electron chi connectivity index (χ1n) is 4.86. The van der Waals surface area contributed by atoms with Crippen LogP contribution in [-0.2, 0) is 0 Å². The monoisotopic (exact) mass is 313 g/mol. The van der Waals surface area contributed by atoms with Crippen molar-refractivity contribution < 1.29 is 9.13 Å². The van der Waals surface area contributed by atoms with Gasteiger partial charge in [-0.25, -0.2) is 4.39 Å². The van der Waals surface area contributed by atoms with E-state index in [1.165, 1.54) is 19.2 Å². The van der Waals surface area contributed by atoms with Crippen molar-refractivity contribution in [2.75, 3.05) is 18.2 Å². The Kier molecular flexibility index (Phi) is 3.56. The van der Waals surface area contributed by atoms with Crippen molar-refractivity contribution in [1.29, 1.82) is 0 Å². The molecule has 0 amide bonds. The number of benzene rings is 1. The maximum atomic E-state index is 13.1. The van der Waals surface area contributed by atoms with Gasteiger partial charge in [-0.05, 0) is 34.1 Å². The number of nitrogens with one attached hydrogen (secondary N) is 1. The van der Waals surface area contributed by atoms with Crippen molar-refractivity contribution in [3.05, 3.63) is 28.5 Å². The van der Waals surface area contributed by atoms with Gasteiger partial charge in [0.1, 0.15) is 5.82 Å². The second-order valence-corrected chi connectivity index (χ2v) is 4.11. The van der Waals surface area contributed by atoms with Gasteiger partial charge in [0.05, 0.1) is 12.8 Å². The fourth-order valence-electron chi connectivity index (χ4n) is 1.23. The van der Waals surface area contributed by atoms with Crippen molar-refractivity contribution in [2.24, 2.45) is 0 Å². The van der Waals surface area contributed by atoms with Gasteiger partial charge in [-0.3, -0.25) is 0 Å². The van der Waals surface area contributed by atoms with Crippen molar-refractivity contribution in [3.8, 4) is 6.01 Å². The molecule has 0 aliphatic heterocycles. The van der Waals surface area contributed by atoms with Crippen LogP contribution in [0.3, 0.4) is 0 Å². The molecule has 1 aromatic carbocycles. The third-order valence-corrected chi connectivity index (χ3v) is 2.68. The number of ether oxygens (including phenoxy) is 1. The zero-order chi connectivity index (χ0) is 13.1. The zero-order valence-electron chi connectivity index (χ0n) is 9.32.